The van der Waals surface area contributed by atoms with Crippen LogP contribution in [0.15, 0.2) is 18.3 Å². The third-order valence-electron chi connectivity index (χ3n) is 5.35. The molecule has 1 fully saturated rings. The van der Waals surface area contributed by atoms with Gasteiger partial charge in [0.25, 0.3) is 0 Å². The Kier molecular flexibility index (Phi) is 5.86. The lowest BCUT2D eigenvalue weighted by Gasteiger charge is -2.27. The van der Waals surface area contributed by atoms with Crippen molar-refractivity contribution in [2.75, 3.05) is 57.3 Å². The highest BCUT2D eigenvalue weighted by Gasteiger charge is 2.23. The first-order valence-corrected chi connectivity index (χ1v) is 10.2. The Balaban J connectivity index is 1.91. The van der Waals surface area contributed by atoms with Gasteiger partial charge in [0.05, 0.1) is 31.6 Å². The maximum absolute atomic E-state index is 15.2. The van der Waals surface area contributed by atoms with E-state index >= 15 is 8.78 Å². The molecule has 1 aliphatic rings. The van der Waals surface area contributed by atoms with Gasteiger partial charge in [0.15, 0.2) is 17.4 Å². The van der Waals surface area contributed by atoms with Crippen LogP contribution in [0.1, 0.15) is 12.5 Å². The highest BCUT2D eigenvalue weighted by molar-refractivity contribution is 5.92. The average Bonchev–Trinajstić information content (AvgIpc) is 2.79. The molecule has 0 radical (unpaired) electrons. The second kappa shape index (κ2) is 8.58. The number of aromatic nitrogens is 3. The summed E-state index contributed by atoms with van der Waals surface area (Å²) in [6.07, 6.45) is 2.07. The van der Waals surface area contributed by atoms with Crippen LogP contribution in [-0.4, -0.2) is 62.5 Å². The summed E-state index contributed by atoms with van der Waals surface area (Å²) >= 11 is 0. The zero-order valence-corrected chi connectivity index (χ0v) is 18.1. The molecule has 0 bridgehead atoms. The lowest BCUT2D eigenvalue weighted by Crippen LogP contribution is -2.37. The summed E-state index contributed by atoms with van der Waals surface area (Å²) in [6, 6.07) is 3.01. The van der Waals surface area contributed by atoms with Gasteiger partial charge in [-0.25, -0.2) is 23.7 Å². The van der Waals surface area contributed by atoms with E-state index in [0.717, 1.165) is 0 Å². The largest absolute Gasteiger partial charge is 0.494 e. The van der Waals surface area contributed by atoms with E-state index in [1.54, 1.807) is 24.1 Å². The van der Waals surface area contributed by atoms with Gasteiger partial charge in [0.2, 0.25) is 5.95 Å². The third kappa shape index (κ3) is 3.85. The van der Waals surface area contributed by atoms with Crippen LogP contribution in [0.3, 0.4) is 0 Å². The quantitative estimate of drug-likeness (QED) is 0.616. The molecule has 4 rings (SSSR count). The number of fused-ring (bicyclic) bond motifs is 1. The van der Waals surface area contributed by atoms with Crippen LogP contribution in [-0.2, 0) is 11.2 Å². The molecule has 2 aromatic heterocycles. The van der Waals surface area contributed by atoms with E-state index in [1.165, 1.54) is 13.2 Å². The molecule has 7 nitrogen and oxygen atoms in total. The van der Waals surface area contributed by atoms with Gasteiger partial charge in [-0.2, -0.15) is 0 Å². The van der Waals surface area contributed by atoms with Crippen LogP contribution in [0.5, 0.6) is 5.75 Å². The molecule has 0 unspecified atom stereocenters. The average molecular weight is 429 g/mol. The van der Waals surface area contributed by atoms with E-state index in [4.69, 9.17) is 14.5 Å². The van der Waals surface area contributed by atoms with E-state index in [9.17, 15) is 0 Å². The fourth-order valence-electron chi connectivity index (χ4n) is 3.66. The monoisotopic (exact) mass is 429 g/mol. The van der Waals surface area contributed by atoms with Crippen LogP contribution >= 0.6 is 0 Å². The van der Waals surface area contributed by atoms with Crippen molar-refractivity contribution in [3.63, 3.8) is 0 Å². The Bertz CT molecular complexity index is 1090. The molecule has 0 N–H and O–H groups in total. The molecule has 0 spiro atoms. The molecule has 1 saturated heterocycles. The number of methoxy groups -OCH3 is 1. The molecule has 3 heterocycles. The third-order valence-corrected chi connectivity index (χ3v) is 5.35. The van der Waals surface area contributed by atoms with Gasteiger partial charge in [0, 0.05) is 38.8 Å². The molecular formula is C22H25F2N5O2. The normalized spacial score (nSPS) is 14.2. The molecule has 0 aliphatic carbocycles. The topological polar surface area (TPSA) is 63.6 Å². The van der Waals surface area contributed by atoms with Gasteiger partial charge in [-0.1, -0.05) is 6.92 Å². The van der Waals surface area contributed by atoms with E-state index < -0.39 is 11.6 Å². The number of benzene rings is 1. The number of pyridine rings is 1. The number of anilines is 2. The smallest absolute Gasteiger partial charge is 0.226 e. The Morgan fingerprint density at radius 1 is 1.13 bits per heavy atom. The van der Waals surface area contributed by atoms with Crippen molar-refractivity contribution in [1.82, 2.24) is 15.0 Å². The number of nitrogens with zero attached hydrogens (tertiary/aromatic N) is 5. The number of morpholine rings is 1. The summed E-state index contributed by atoms with van der Waals surface area (Å²) in [7, 11) is 5.00. The van der Waals surface area contributed by atoms with Crippen LogP contribution in [0.2, 0.25) is 0 Å². The van der Waals surface area contributed by atoms with Crippen molar-refractivity contribution in [3.8, 4) is 17.0 Å². The highest BCUT2D eigenvalue weighted by Crippen LogP contribution is 2.36. The molecule has 1 aromatic carbocycles. The van der Waals surface area contributed by atoms with E-state index in [0.29, 0.717) is 61.0 Å². The summed E-state index contributed by atoms with van der Waals surface area (Å²) in [5.41, 5.74) is 0.936. The Labute approximate surface area is 179 Å². The van der Waals surface area contributed by atoms with Crippen molar-refractivity contribution < 1.29 is 18.3 Å². The summed E-state index contributed by atoms with van der Waals surface area (Å²) in [6.45, 7) is 4.45. The second-order valence-electron chi connectivity index (χ2n) is 7.53. The molecule has 1 aliphatic heterocycles. The van der Waals surface area contributed by atoms with E-state index in [2.05, 4.69) is 9.97 Å². The van der Waals surface area contributed by atoms with Gasteiger partial charge in [-0.15, -0.1) is 0 Å². The molecule has 31 heavy (non-hydrogen) atoms. The van der Waals surface area contributed by atoms with Crippen LogP contribution in [0.25, 0.3) is 22.2 Å². The fourth-order valence-corrected chi connectivity index (χ4v) is 3.66. The van der Waals surface area contributed by atoms with Crippen LogP contribution in [0.4, 0.5) is 20.5 Å². The van der Waals surface area contributed by atoms with E-state index in [-0.39, 0.29) is 17.0 Å². The molecule has 0 atom stereocenters. The van der Waals surface area contributed by atoms with Gasteiger partial charge < -0.3 is 19.3 Å². The molecule has 9 heteroatoms. The Morgan fingerprint density at radius 3 is 2.52 bits per heavy atom. The van der Waals surface area contributed by atoms with Crippen LogP contribution in [0, 0.1) is 11.6 Å². The zero-order chi connectivity index (χ0) is 22.1. The van der Waals surface area contributed by atoms with Crippen molar-refractivity contribution in [2.24, 2.45) is 0 Å². The van der Waals surface area contributed by atoms with Crippen molar-refractivity contribution >= 4 is 22.7 Å². The summed E-state index contributed by atoms with van der Waals surface area (Å²) in [5, 5.41) is 0.644. The van der Waals surface area contributed by atoms with Crippen molar-refractivity contribution in [3.05, 3.63) is 35.5 Å². The van der Waals surface area contributed by atoms with Gasteiger partial charge in [-0.3, -0.25) is 0 Å². The number of hydrogen-bond donors (Lipinski definition) is 0. The fraction of sp³-hybridized carbons (Fsp3) is 0.409. The SMILES string of the molecule is CCc1cc(OC)c(F)c(-c2cc3cnc(N4CCOCC4)nc3c(N(C)C)n2)c1F. The first-order valence-electron chi connectivity index (χ1n) is 10.2. The predicted octanol–water partition coefficient (Wildman–Crippen LogP) is 3.44. The number of halogens is 2. The minimum atomic E-state index is -0.778. The zero-order valence-electron chi connectivity index (χ0n) is 18.1. The van der Waals surface area contributed by atoms with Gasteiger partial charge in [0.1, 0.15) is 11.3 Å². The van der Waals surface area contributed by atoms with Crippen molar-refractivity contribution in [1.29, 1.82) is 0 Å². The maximum Gasteiger partial charge on any atom is 0.226 e. The highest BCUT2D eigenvalue weighted by atomic mass is 19.1. The summed E-state index contributed by atoms with van der Waals surface area (Å²) < 4.78 is 40.8. The maximum atomic E-state index is 15.2. The first kappa shape index (κ1) is 21.2. The second-order valence-corrected chi connectivity index (χ2v) is 7.53. The number of aryl methyl sites for hydroxylation is 1. The van der Waals surface area contributed by atoms with E-state index in [1.807, 2.05) is 19.0 Å². The molecule has 0 amide bonds. The predicted molar refractivity (Wildman–Crippen MR) is 116 cm³/mol. The Hall–Kier alpha value is -3.07. The molecule has 164 valence electrons. The minimum Gasteiger partial charge on any atom is -0.494 e. The molecule has 3 aromatic rings. The Morgan fingerprint density at radius 2 is 1.87 bits per heavy atom. The minimum absolute atomic E-state index is 0.0135. The molecule has 0 saturated carbocycles. The molecular weight excluding hydrogens is 404 g/mol. The van der Waals surface area contributed by atoms with Gasteiger partial charge >= 0.3 is 0 Å². The lowest BCUT2D eigenvalue weighted by molar-refractivity contribution is 0.122. The number of ether oxygens (including phenoxy) is 2. The summed E-state index contributed by atoms with van der Waals surface area (Å²) in [4.78, 5) is 17.6. The summed E-state index contributed by atoms with van der Waals surface area (Å²) in [5.74, 6) is -0.340. The standard InChI is InChI=1S/C22H25F2N5O2/c1-5-13-11-16(30-4)19(24)17(18(13)23)15-10-14-12-25-22(29-6-8-31-9-7-29)27-20(14)21(26-15)28(2)3/h10-12H,5-9H2,1-4H3. The van der Waals surface area contributed by atoms with Gasteiger partial charge in [-0.05, 0) is 24.1 Å². The van der Waals surface area contributed by atoms with Crippen molar-refractivity contribution in [2.45, 2.75) is 13.3 Å². The number of rotatable bonds is 5. The lowest BCUT2D eigenvalue weighted by atomic mass is 10.0. The number of hydrogen-bond acceptors (Lipinski definition) is 7. The first-order chi connectivity index (χ1) is 14.9. The van der Waals surface area contributed by atoms with Crippen LogP contribution < -0.4 is 14.5 Å².